The number of nitrogens with one attached hydrogen (secondary N) is 2. The van der Waals surface area contributed by atoms with Crippen molar-refractivity contribution in [3.63, 3.8) is 0 Å². The predicted molar refractivity (Wildman–Crippen MR) is 101 cm³/mol. The number of aromatic nitrogens is 5. The lowest BCUT2D eigenvalue weighted by Gasteiger charge is -2.03. The molecule has 2 N–H and O–H groups in total. The first-order valence-corrected chi connectivity index (χ1v) is 8.22. The van der Waals surface area contributed by atoms with Crippen molar-refractivity contribution in [3.05, 3.63) is 59.8 Å². The van der Waals surface area contributed by atoms with E-state index in [-0.39, 0.29) is 5.91 Å². The molecule has 0 spiro atoms. The molecule has 4 heterocycles. The molecule has 4 aromatic heterocycles. The number of amides is 1. The Kier molecular flexibility index (Phi) is 3.90. The van der Waals surface area contributed by atoms with E-state index in [1.54, 1.807) is 4.40 Å². The maximum absolute atomic E-state index is 11.5. The lowest BCUT2D eigenvalue weighted by Crippen LogP contribution is -2.07. The average Bonchev–Trinajstić information content (AvgIpc) is 3.24. The molecule has 132 valence electrons. The number of carbonyl (C=O) groups is 1. The van der Waals surface area contributed by atoms with Crippen LogP contribution in [0.2, 0.25) is 0 Å². The molecule has 1 amide bonds. The quantitative estimate of drug-likeness (QED) is 0.548. The Morgan fingerprint density at radius 1 is 1.26 bits per heavy atom. The molecule has 27 heavy (non-hydrogen) atoms. The predicted octanol–water partition coefficient (Wildman–Crippen LogP) is 3.60. The zero-order valence-electron chi connectivity index (χ0n) is 14.7. The SMILES string of the molecule is [C-]#[N+]c1cnc2ccc(-c3nc(NC(C)=O)[nH]c3-c3cccc(C)n3)cn12. The van der Waals surface area contributed by atoms with E-state index < -0.39 is 0 Å². The lowest BCUT2D eigenvalue weighted by atomic mass is 10.1. The number of anilines is 1. The van der Waals surface area contributed by atoms with E-state index in [0.29, 0.717) is 34.5 Å². The fourth-order valence-electron chi connectivity index (χ4n) is 2.87. The summed E-state index contributed by atoms with van der Waals surface area (Å²) in [6.07, 6.45) is 3.34. The Balaban J connectivity index is 1.92. The third kappa shape index (κ3) is 3.02. The summed E-state index contributed by atoms with van der Waals surface area (Å²) in [6, 6.07) is 9.40. The number of aryl methyl sites for hydroxylation is 1. The van der Waals surface area contributed by atoms with Crippen molar-refractivity contribution in [1.82, 2.24) is 24.3 Å². The first-order valence-electron chi connectivity index (χ1n) is 8.22. The summed E-state index contributed by atoms with van der Waals surface area (Å²) in [5.41, 5.74) is 4.35. The second-order valence-corrected chi connectivity index (χ2v) is 6.03. The molecule has 0 radical (unpaired) electrons. The van der Waals surface area contributed by atoms with Crippen LogP contribution >= 0.6 is 0 Å². The Morgan fingerprint density at radius 2 is 2.11 bits per heavy atom. The van der Waals surface area contributed by atoms with Gasteiger partial charge in [0.05, 0.1) is 23.8 Å². The zero-order valence-corrected chi connectivity index (χ0v) is 14.7. The van der Waals surface area contributed by atoms with Gasteiger partial charge in [-0.1, -0.05) is 12.6 Å². The summed E-state index contributed by atoms with van der Waals surface area (Å²) in [5.74, 6) is 0.533. The number of aromatic amines is 1. The Morgan fingerprint density at radius 3 is 2.85 bits per heavy atom. The van der Waals surface area contributed by atoms with Gasteiger partial charge >= 0.3 is 0 Å². The normalized spacial score (nSPS) is 10.7. The lowest BCUT2D eigenvalue weighted by molar-refractivity contribution is -0.114. The van der Waals surface area contributed by atoms with Crippen LogP contribution in [-0.4, -0.2) is 30.2 Å². The number of rotatable bonds is 3. The minimum atomic E-state index is -0.223. The van der Waals surface area contributed by atoms with E-state index >= 15 is 0 Å². The van der Waals surface area contributed by atoms with E-state index in [1.807, 2.05) is 43.5 Å². The van der Waals surface area contributed by atoms with Crippen LogP contribution in [-0.2, 0) is 4.79 Å². The highest BCUT2D eigenvalue weighted by atomic mass is 16.1. The van der Waals surface area contributed by atoms with Gasteiger partial charge < -0.3 is 9.83 Å². The minimum absolute atomic E-state index is 0.223. The molecule has 0 aliphatic carbocycles. The highest BCUT2D eigenvalue weighted by molar-refractivity contribution is 5.88. The standard InChI is InChI=1S/C19H15N7O/c1-11-5-4-6-14(22-11)18-17(24-19(25-18)23-12(2)27)13-7-8-15-21-9-16(20-3)26(15)10-13/h4-10H,1-2H3,(H2,23,24,25,27). The van der Waals surface area contributed by atoms with Gasteiger partial charge in [-0.3, -0.25) is 15.1 Å². The summed E-state index contributed by atoms with van der Waals surface area (Å²) in [7, 11) is 0. The van der Waals surface area contributed by atoms with E-state index in [9.17, 15) is 4.79 Å². The topological polar surface area (TPSA) is 92.3 Å². The molecule has 0 bridgehead atoms. The van der Waals surface area contributed by atoms with Crippen LogP contribution in [0.25, 0.3) is 33.1 Å². The molecular weight excluding hydrogens is 342 g/mol. The van der Waals surface area contributed by atoms with Gasteiger partial charge in [-0.05, 0) is 25.1 Å². The zero-order chi connectivity index (χ0) is 19.0. The maximum atomic E-state index is 11.5. The first-order chi connectivity index (χ1) is 13.0. The number of H-pyrrole nitrogens is 1. The minimum Gasteiger partial charge on any atom is -0.362 e. The first kappa shape index (κ1) is 16.5. The highest BCUT2D eigenvalue weighted by Gasteiger charge is 2.18. The largest absolute Gasteiger partial charge is 0.362 e. The Bertz CT molecular complexity index is 1210. The summed E-state index contributed by atoms with van der Waals surface area (Å²) in [6.45, 7) is 10.6. The van der Waals surface area contributed by atoms with Crippen molar-refractivity contribution in [2.24, 2.45) is 0 Å². The monoisotopic (exact) mass is 357 g/mol. The van der Waals surface area contributed by atoms with Crippen LogP contribution in [0.15, 0.2) is 42.7 Å². The molecular formula is C19H15N7O. The summed E-state index contributed by atoms with van der Waals surface area (Å²) in [4.78, 5) is 31.4. The number of pyridine rings is 2. The number of nitrogens with zero attached hydrogens (tertiary/aromatic N) is 5. The van der Waals surface area contributed by atoms with E-state index in [2.05, 4.69) is 30.1 Å². The maximum Gasteiger partial charge on any atom is 0.254 e. The molecule has 0 aliphatic heterocycles. The van der Waals surface area contributed by atoms with Crippen LogP contribution in [0.1, 0.15) is 12.6 Å². The summed E-state index contributed by atoms with van der Waals surface area (Å²) in [5, 5.41) is 2.67. The van der Waals surface area contributed by atoms with Crippen molar-refractivity contribution in [3.8, 4) is 22.6 Å². The summed E-state index contributed by atoms with van der Waals surface area (Å²) < 4.78 is 1.71. The molecule has 4 rings (SSSR count). The second kappa shape index (κ2) is 6.38. The van der Waals surface area contributed by atoms with Gasteiger partial charge in [0.2, 0.25) is 17.5 Å². The molecule has 0 unspecified atom stereocenters. The van der Waals surface area contributed by atoms with Crippen molar-refractivity contribution >= 4 is 23.3 Å². The number of fused-ring (bicyclic) bond motifs is 1. The van der Waals surface area contributed by atoms with Crippen LogP contribution in [0, 0.1) is 13.5 Å². The molecule has 0 atom stereocenters. The molecule has 0 aromatic carbocycles. The van der Waals surface area contributed by atoms with Crippen LogP contribution < -0.4 is 5.32 Å². The van der Waals surface area contributed by atoms with Crippen LogP contribution in [0.3, 0.4) is 0 Å². The summed E-state index contributed by atoms with van der Waals surface area (Å²) >= 11 is 0. The molecule has 0 saturated heterocycles. The van der Waals surface area contributed by atoms with Crippen LogP contribution in [0.4, 0.5) is 11.8 Å². The van der Waals surface area contributed by atoms with Crippen molar-refractivity contribution < 1.29 is 4.79 Å². The van der Waals surface area contributed by atoms with Gasteiger partial charge in [0, 0.05) is 24.2 Å². The van der Waals surface area contributed by atoms with E-state index in [0.717, 1.165) is 11.3 Å². The van der Waals surface area contributed by atoms with Gasteiger partial charge in [-0.25, -0.2) is 14.4 Å². The third-order valence-corrected chi connectivity index (χ3v) is 4.02. The average molecular weight is 357 g/mol. The van der Waals surface area contributed by atoms with Gasteiger partial charge in [0.25, 0.3) is 5.82 Å². The number of hydrogen-bond acceptors (Lipinski definition) is 4. The third-order valence-electron chi connectivity index (χ3n) is 4.02. The van der Waals surface area contributed by atoms with Crippen LogP contribution in [0.5, 0.6) is 0 Å². The van der Waals surface area contributed by atoms with E-state index in [1.165, 1.54) is 13.1 Å². The molecule has 0 aliphatic rings. The smallest absolute Gasteiger partial charge is 0.254 e. The van der Waals surface area contributed by atoms with E-state index in [4.69, 9.17) is 6.57 Å². The molecule has 8 heteroatoms. The Hall–Kier alpha value is -3.99. The van der Waals surface area contributed by atoms with Crippen molar-refractivity contribution in [2.75, 3.05) is 5.32 Å². The van der Waals surface area contributed by atoms with Crippen molar-refractivity contribution in [2.45, 2.75) is 13.8 Å². The second-order valence-electron chi connectivity index (χ2n) is 6.03. The molecule has 8 nitrogen and oxygen atoms in total. The van der Waals surface area contributed by atoms with Gasteiger partial charge in [0.15, 0.2) is 0 Å². The molecule has 4 aromatic rings. The molecule has 0 saturated carbocycles. The fraction of sp³-hybridized carbons (Fsp3) is 0.105. The van der Waals surface area contributed by atoms with Crippen molar-refractivity contribution in [1.29, 1.82) is 0 Å². The number of imidazole rings is 2. The molecule has 0 fully saturated rings. The van der Waals surface area contributed by atoms with Gasteiger partial charge in [0.1, 0.15) is 5.69 Å². The van der Waals surface area contributed by atoms with Gasteiger partial charge in [-0.2, -0.15) is 0 Å². The highest BCUT2D eigenvalue weighted by Crippen LogP contribution is 2.31. The number of carbonyl (C=O) groups excluding carboxylic acids is 1. The Labute approximate surface area is 154 Å². The number of hydrogen-bond donors (Lipinski definition) is 2. The fourth-order valence-corrected chi connectivity index (χ4v) is 2.87. The van der Waals surface area contributed by atoms with Gasteiger partial charge in [-0.15, -0.1) is 0 Å².